The number of nitrogen functional groups attached to an aromatic ring is 1. The summed E-state index contributed by atoms with van der Waals surface area (Å²) in [7, 11) is 0. The topological polar surface area (TPSA) is 64.7 Å². The maximum atomic E-state index is 13.3. The van der Waals surface area contributed by atoms with E-state index in [4.69, 9.17) is 5.73 Å². The maximum absolute atomic E-state index is 13.3. The third kappa shape index (κ3) is 2.87. The summed E-state index contributed by atoms with van der Waals surface area (Å²) >= 11 is 0. The Bertz CT molecular complexity index is 631. The molecule has 2 rings (SSSR count). The molecule has 0 aliphatic heterocycles. The van der Waals surface area contributed by atoms with Crippen molar-refractivity contribution in [3.8, 4) is 0 Å². The average molecular weight is 282 g/mol. The van der Waals surface area contributed by atoms with Gasteiger partial charge in [-0.2, -0.15) is 9.97 Å². The van der Waals surface area contributed by atoms with Crippen LogP contribution in [0.4, 0.5) is 19.1 Å². The van der Waals surface area contributed by atoms with Gasteiger partial charge in [0.1, 0.15) is 5.82 Å². The number of halogens is 3. The van der Waals surface area contributed by atoms with E-state index in [1.165, 1.54) is 13.0 Å². The molecule has 0 spiro atoms. The summed E-state index contributed by atoms with van der Waals surface area (Å²) in [6.07, 6.45) is -1.39. The Labute approximate surface area is 113 Å². The van der Waals surface area contributed by atoms with Gasteiger partial charge in [0.15, 0.2) is 23.6 Å². The number of aromatic nitrogens is 3. The second kappa shape index (κ2) is 5.44. The van der Waals surface area contributed by atoms with Crippen LogP contribution in [-0.2, 0) is 0 Å². The first-order valence-corrected chi connectivity index (χ1v) is 5.99. The standard InChI is InChI=1S/C13H13F3N4/c1-6(8-3-4-9(15)10(16)5-8)11-18-12(7(2)14)20-13(17)19-11/h3-7H,1-2H3,(H2,17,18,19,20). The minimum atomic E-state index is -1.39. The molecule has 0 aliphatic carbocycles. The van der Waals surface area contributed by atoms with Crippen molar-refractivity contribution in [1.29, 1.82) is 0 Å². The number of nitrogens with two attached hydrogens (primary N) is 1. The maximum Gasteiger partial charge on any atom is 0.223 e. The summed E-state index contributed by atoms with van der Waals surface area (Å²) < 4.78 is 39.4. The van der Waals surface area contributed by atoms with Gasteiger partial charge in [-0.15, -0.1) is 0 Å². The highest BCUT2D eigenvalue weighted by Crippen LogP contribution is 2.24. The number of hydrogen-bond donors (Lipinski definition) is 1. The molecule has 106 valence electrons. The molecule has 0 amide bonds. The third-order valence-electron chi connectivity index (χ3n) is 2.87. The quantitative estimate of drug-likeness (QED) is 0.940. The van der Waals surface area contributed by atoms with E-state index < -0.39 is 23.7 Å². The first-order valence-electron chi connectivity index (χ1n) is 5.99. The number of rotatable bonds is 3. The predicted molar refractivity (Wildman–Crippen MR) is 67.6 cm³/mol. The molecule has 0 saturated heterocycles. The SMILES string of the molecule is CC(F)c1nc(N)nc(C(C)c2ccc(F)c(F)c2)n1. The van der Waals surface area contributed by atoms with Gasteiger partial charge in [-0.05, 0) is 24.6 Å². The minimum Gasteiger partial charge on any atom is -0.368 e. The van der Waals surface area contributed by atoms with Crippen LogP contribution < -0.4 is 5.73 Å². The van der Waals surface area contributed by atoms with Crippen LogP contribution in [0.15, 0.2) is 18.2 Å². The molecular weight excluding hydrogens is 269 g/mol. The Balaban J connectivity index is 2.42. The van der Waals surface area contributed by atoms with E-state index in [2.05, 4.69) is 15.0 Å². The van der Waals surface area contributed by atoms with Crippen LogP contribution in [0.25, 0.3) is 0 Å². The van der Waals surface area contributed by atoms with Gasteiger partial charge in [-0.25, -0.2) is 18.2 Å². The Hall–Kier alpha value is -2.18. The zero-order valence-corrected chi connectivity index (χ0v) is 10.9. The van der Waals surface area contributed by atoms with Crippen LogP contribution in [0, 0.1) is 11.6 Å². The second-order valence-electron chi connectivity index (χ2n) is 4.42. The summed E-state index contributed by atoms with van der Waals surface area (Å²) in [5.41, 5.74) is 5.97. The van der Waals surface area contributed by atoms with Crippen molar-refractivity contribution in [3.05, 3.63) is 47.0 Å². The molecule has 0 radical (unpaired) electrons. The van der Waals surface area contributed by atoms with Gasteiger partial charge in [0, 0.05) is 5.92 Å². The normalized spacial score (nSPS) is 14.1. The molecule has 1 aromatic heterocycles. The van der Waals surface area contributed by atoms with Crippen molar-refractivity contribution in [2.75, 3.05) is 5.73 Å². The minimum absolute atomic E-state index is 0.0815. The van der Waals surface area contributed by atoms with Crippen LogP contribution >= 0.6 is 0 Å². The number of hydrogen-bond acceptors (Lipinski definition) is 4. The predicted octanol–water partition coefficient (Wildman–Crippen LogP) is 2.91. The van der Waals surface area contributed by atoms with Gasteiger partial charge in [0.25, 0.3) is 0 Å². The number of alkyl halides is 1. The van der Waals surface area contributed by atoms with Gasteiger partial charge in [0.2, 0.25) is 5.95 Å². The van der Waals surface area contributed by atoms with Gasteiger partial charge < -0.3 is 5.73 Å². The lowest BCUT2D eigenvalue weighted by Crippen LogP contribution is -2.11. The first kappa shape index (κ1) is 14.2. The molecule has 1 aromatic carbocycles. The van der Waals surface area contributed by atoms with Crippen LogP contribution in [0.2, 0.25) is 0 Å². The summed E-state index contributed by atoms with van der Waals surface area (Å²) in [6.45, 7) is 2.97. The first-order chi connectivity index (χ1) is 9.38. The largest absolute Gasteiger partial charge is 0.368 e. The molecule has 0 aliphatic rings. The fourth-order valence-electron chi connectivity index (χ4n) is 1.73. The van der Waals surface area contributed by atoms with Crippen molar-refractivity contribution in [1.82, 2.24) is 15.0 Å². The lowest BCUT2D eigenvalue weighted by Gasteiger charge is -2.12. The second-order valence-corrected chi connectivity index (χ2v) is 4.42. The fourth-order valence-corrected chi connectivity index (χ4v) is 1.73. The molecule has 0 fully saturated rings. The van der Waals surface area contributed by atoms with Crippen LogP contribution in [0.3, 0.4) is 0 Å². The zero-order chi connectivity index (χ0) is 14.9. The van der Waals surface area contributed by atoms with Crippen molar-refractivity contribution < 1.29 is 13.2 Å². The van der Waals surface area contributed by atoms with Crippen molar-refractivity contribution in [3.63, 3.8) is 0 Å². The van der Waals surface area contributed by atoms with Crippen LogP contribution in [-0.4, -0.2) is 15.0 Å². The molecule has 2 N–H and O–H groups in total. The van der Waals surface area contributed by atoms with Gasteiger partial charge in [0.05, 0.1) is 0 Å². The van der Waals surface area contributed by atoms with Crippen molar-refractivity contribution >= 4 is 5.95 Å². The highest BCUT2D eigenvalue weighted by molar-refractivity contribution is 5.28. The lowest BCUT2D eigenvalue weighted by atomic mass is 10.00. The number of anilines is 1. The summed E-state index contributed by atoms with van der Waals surface area (Å²) in [5, 5.41) is 0. The van der Waals surface area contributed by atoms with E-state index in [0.717, 1.165) is 12.1 Å². The summed E-state index contributed by atoms with van der Waals surface area (Å²) in [6, 6.07) is 3.49. The Morgan fingerprint density at radius 2 is 1.65 bits per heavy atom. The molecule has 7 heteroatoms. The number of benzene rings is 1. The molecule has 0 bridgehead atoms. The van der Waals surface area contributed by atoms with E-state index in [1.807, 2.05) is 0 Å². The number of nitrogens with zero attached hydrogens (tertiary/aromatic N) is 3. The Morgan fingerprint density at radius 3 is 2.25 bits per heavy atom. The van der Waals surface area contributed by atoms with E-state index in [1.54, 1.807) is 6.92 Å². The highest BCUT2D eigenvalue weighted by atomic mass is 19.2. The molecule has 2 unspecified atom stereocenters. The molecule has 20 heavy (non-hydrogen) atoms. The zero-order valence-electron chi connectivity index (χ0n) is 10.9. The average Bonchev–Trinajstić information content (AvgIpc) is 2.40. The molecule has 0 saturated carbocycles. The highest BCUT2D eigenvalue weighted by Gasteiger charge is 2.18. The molecular formula is C13H13F3N4. The lowest BCUT2D eigenvalue weighted by molar-refractivity contribution is 0.354. The third-order valence-corrected chi connectivity index (χ3v) is 2.87. The summed E-state index contributed by atoms with van der Waals surface area (Å²) in [5.74, 6) is -2.34. The van der Waals surface area contributed by atoms with Crippen molar-refractivity contribution in [2.45, 2.75) is 25.9 Å². The monoisotopic (exact) mass is 282 g/mol. The molecule has 4 nitrogen and oxygen atoms in total. The van der Waals surface area contributed by atoms with Crippen molar-refractivity contribution in [2.24, 2.45) is 0 Å². The van der Waals surface area contributed by atoms with E-state index >= 15 is 0 Å². The van der Waals surface area contributed by atoms with Crippen LogP contribution in [0.1, 0.15) is 43.1 Å². The van der Waals surface area contributed by atoms with Gasteiger partial charge in [-0.3, -0.25) is 0 Å². The van der Waals surface area contributed by atoms with Crippen LogP contribution in [0.5, 0.6) is 0 Å². The van der Waals surface area contributed by atoms with Gasteiger partial charge in [-0.1, -0.05) is 13.0 Å². The molecule has 1 heterocycles. The van der Waals surface area contributed by atoms with E-state index in [0.29, 0.717) is 5.56 Å². The smallest absolute Gasteiger partial charge is 0.223 e. The molecule has 2 aromatic rings. The Morgan fingerprint density at radius 1 is 1.00 bits per heavy atom. The fraction of sp³-hybridized carbons (Fsp3) is 0.308. The molecule has 2 atom stereocenters. The Kier molecular flexibility index (Phi) is 3.87. The van der Waals surface area contributed by atoms with E-state index in [-0.39, 0.29) is 17.6 Å². The van der Waals surface area contributed by atoms with Gasteiger partial charge >= 0.3 is 0 Å². The summed E-state index contributed by atoms with van der Waals surface area (Å²) in [4.78, 5) is 11.6. The van der Waals surface area contributed by atoms with E-state index in [9.17, 15) is 13.2 Å².